The van der Waals surface area contributed by atoms with Crippen molar-refractivity contribution in [3.63, 3.8) is 0 Å². The Labute approximate surface area is 143 Å². The van der Waals surface area contributed by atoms with Crippen LogP contribution >= 0.6 is 0 Å². The Morgan fingerprint density at radius 3 is 2.04 bits per heavy atom. The van der Waals surface area contributed by atoms with E-state index in [0.29, 0.717) is 5.69 Å². The lowest BCUT2D eigenvalue weighted by Crippen LogP contribution is -2.24. The highest BCUT2D eigenvalue weighted by atomic mass is 32.2. The van der Waals surface area contributed by atoms with Gasteiger partial charge in [0.25, 0.3) is 10.0 Å². The van der Waals surface area contributed by atoms with Crippen LogP contribution in [-0.2, 0) is 19.6 Å². The molecule has 7 nitrogen and oxygen atoms in total. The minimum atomic E-state index is -3.86. The van der Waals surface area contributed by atoms with Crippen LogP contribution in [0.5, 0.6) is 0 Å². The molecule has 0 saturated carbocycles. The van der Waals surface area contributed by atoms with E-state index in [1.165, 1.54) is 36.4 Å². The number of hydrogen-bond acceptors (Lipinski definition) is 5. The van der Waals surface area contributed by atoms with Crippen molar-refractivity contribution in [2.45, 2.75) is 17.7 Å². The molecule has 0 unspecified atom stereocenters. The van der Waals surface area contributed by atoms with Crippen molar-refractivity contribution in [1.82, 2.24) is 0 Å². The van der Waals surface area contributed by atoms with Gasteiger partial charge in [-0.3, -0.25) is 9.52 Å². The third kappa shape index (κ3) is 5.57. The average molecular weight is 365 g/mol. The minimum absolute atomic E-state index is 0.0513. The van der Waals surface area contributed by atoms with Gasteiger partial charge in [-0.25, -0.2) is 12.8 Å². The number of aliphatic carboxylic acids is 1. The topological polar surface area (TPSA) is 115 Å². The molecule has 0 atom stereocenters. The van der Waals surface area contributed by atoms with E-state index < -0.39 is 34.1 Å². The quantitative estimate of drug-likeness (QED) is 0.762. The molecule has 0 aliphatic rings. The lowest BCUT2D eigenvalue weighted by Gasteiger charge is -2.09. The van der Waals surface area contributed by atoms with Crippen molar-refractivity contribution in [2.75, 3.05) is 10.0 Å². The van der Waals surface area contributed by atoms with Crippen molar-refractivity contribution in [3.05, 3.63) is 54.3 Å². The van der Waals surface area contributed by atoms with E-state index in [4.69, 9.17) is 0 Å². The number of carboxylic acids is 1. The number of rotatable bonds is 7. The first-order valence-corrected chi connectivity index (χ1v) is 8.63. The Balaban J connectivity index is 2.04. The lowest BCUT2D eigenvalue weighted by atomic mass is 10.2. The maximum absolute atomic E-state index is 12.8. The van der Waals surface area contributed by atoms with Crippen molar-refractivity contribution in [1.29, 1.82) is 0 Å². The molecule has 0 aliphatic heterocycles. The molecular formula is C16H14FN2O5S-. The minimum Gasteiger partial charge on any atom is -0.550 e. The molecule has 0 fully saturated rings. The molecule has 0 saturated heterocycles. The van der Waals surface area contributed by atoms with Crippen LogP contribution in [0.3, 0.4) is 0 Å². The number of benzene rings is 2. The smallest absolute Gasteiger partial charge is 0.261 e. The van der Waals surface area contributed by atoms with Gasteiger partial charge in [0, 0.05) is 23.8 Å². The predicted octanol–water partition coefficient (Wildman–Crippen LogP) is 1.10. The Kier molecular flexibility index (Phi) is 5.71. The van der Waals surface area contributed by atoms with E-state index >= 15 is 0 Å². The summed E-state index contributed by atoms with van der Waals surface area (Å²) in [5, 5.41) is 12.7. The fourth-order valence-electron chi connectivity index (χ4n) is 1.89. The van der Waals surface area contributed by atoms with Crippen molar-refractivity contribution < 1.29 is 27.5 Å². The number of nitrogens with one attached hydrogen (secondary N) is 2. The Hall–Kier alpha value is -2.94. The summed E-state index contributed by atoms with van der Waals surface area (Å²) < 4.78 is 39.6. The number of amides is 1. The van der Waals surface area contributed by atoms with Gasteiger partial charge in [0.05, 0.1) is 4.90 Å². The van der Waals surface area contributed by atoms with E-state index in [1.807, 2.05) is 0 Å². The number of carbonyl (C=O) groups is 2. The Morgan fingerprint density at radius 1 is 0.920 bits per heavy atom. The summed E-state index contributed by atoms with van der Waals surface area (Å²) in [5.41, 5.74) is 0.533. The number of carboxylic acid groups (broad SMARTS) is 1. The molecule has 0 radical (unpaired) electrons. The highest BCUT2D eigenvalue weighted by Crippen LogP contribution is 2.18. The normalized spacial score (nSPS) is 10.9. The van der Waals surface area contributed by atoms with Crippen molar-refractivity contribution in [2.24, 2.45) is 0 Å². The molecule has 0 bridgehead atoms. The third-order valence-corrected chi connectivity index (χ3v) is 4.50. The standard InChI is InChI=1S/C16H15FN2O5S/c17-11-1-3-13(4-2-11)19-25(23,24)14-7-5-12(6-8-14)18-15(20)9-10-16(21)22/h1-8,19H,9-10H2,(H,18,20)(H,21,22)/p-1. The number of anilines is 2. The number of hydrogen-bond donors (Lipinski definition) is 2. The molecule has 1 amide bonds. The van der Waals surface area contributed by atoms with Crippen molar-refractivity contribution >= 4 is 33.3 Å². The van der Waals surface area contributed by atoms with Gasteiger partial charge in [-0.1, -0.05) is 0 Å². The summed E-state index contributed by atoms with van der Waals surface area (Å²) in [5.74, 6) is -2.34. The number of sulfonamides is 1. The largest absolute Gasteiger partial charge is 0.550 e. The van der Waals surface area contributed by atoms with Gasteiger partial charge in [0.1, 0.15) is 5.82 Å². The molecule has 9 heteroatoms. The Morgan fingerprint density at radius 2 is 1.48 bits per heavy atom. The first kappa shape index (κ1) is 18.4. The van der Waals surface area contributed by atoms with Crippen LogP contribution in [-0.4, -0.2) is 20.3 Å². The van der Waals surface area contributed by atoms with E-state index in [0.717, 1.165) is 12.1 Å². The molecule has 25 heavy (non-hydrogen) atoms. The van der Waals surface area contributed by atoms with E-state index in [-0.39, 0.29) is 17.0 Å². The molecule has 2 aromatic rings. The van der Waals surface area contributed by atoms with E-state index in [2.05, 4.69) is 10.0 Å². The van der Waals surface area contributed by atoms with E-state index in [9.17, 15) is 27.5 Å². The summed E-state index contributed by atoms with van der Waals surface area (Å²) in [7, 11) is -3.86. The maximum Gasteiger partial charge on any atom is 0.261 e. The van der Waals surface area contributed by atoms with Gasteiger partial charge >= 0.3 is 0 Å². The van der Waals surface area contributed by atoms with Crippen molar-refractivity contribution in [3.8, 4) is 0 Å². The highest BCUT2D eigenvalue weighted by Gasteiger charge is 2.14. The summed E-state index contributed by atoms with van der Waals surface area (Å²) in [6.07, 6.45) is -0.644. The van der Waals surface area contributed by atoms with Crippen LogP contribution in [0.4, 0.5) is 15.8 Å². The predicted molar refractivity (Wildman–Crippen MR) is 86.5 cm³/mol. The van der Waals surface area contributed by atoms with Crippen LogP contribution in [0.25, 0.3) is 0 Å². The second-order valence-electron chi connectivity index (χ2n) is 5.06. The summed E-state index contributed by atoms with van der Waals surface area (Å²) in [6, 6.07) is 10.1. The molecule has 0 spiro atoms. The molecule has 2 aromatic carbocycles. The van der Waals surface area contributed by atoms with Gasteiger partial charge in [0.15, 0.2) is 0 Å². The molecule has 2 N–H and O–H groups in total. The first-order valence-electron chi connectivity index (χ1n) is 7.14. The molecule has 0 aliphatic carbocycles. The zero-order valence-corrected chi connectivity index (χ0v) is 13.7. The fourth-order valence-corrected chi connectivity index (χ4v) is 2.95. The van der Waals surface area contributed by atoms with Crippen LogP contribution in [0.1, 0.15) is 12.8 Å². The van der Waals surface area contributed by atoms with Gasteiger partial charge in [-0.05, 0) is 55.0 Å². The van der Waals surface area contributed by atoms with E-state index in [1.54, 1.807) is 0 Å². The molecular weight excluding hydrogens is 351 g/mol. The second kappa shape index (κ2) is 7.75. The average Bonchev–Trinajstić information content (AvgIpc) is 2.55. The van der Waals surface area contributed by atoms with Gasteiger partial charge in [0.2, 0.25) is 5.91 Å². The monoisotopic (exact) mass is 365 g/mol. The molecule has 0 heterocycles. The first-order chi connectivity index (χ1) is 11.8. The maximum atomic E-state index is 12.8. The summed E-state index contributed by atoms with van der Waals surface area (Å²) in [6.45, 7) is 0. The third-order valence-electron chi connectivity index (χ3n) is 3.10. The number of carbonyl (C=O) groups excluding carboxylic acids is 2. The molecule has 132 valence electrons. The lowest BCUT2D eigenvalue weighted by molar-refractivity contribution is -0.305. The highest BCUT2D eigenvalue weighted by molar-refractivity contribution is 7.92. The zero-order chi connectivity index (χ0) is 18.4. The van der Waals surface area contributed by atoms with Gasteiger partial charge < -0.3 is 15.2 Å². The summed E-state index contributed by atoms with van der Waals surface area (Å²) in [4.78, 5) is 21.7. The second-order valence-corrected chi connectivity index (χ2v) is 6.74. The molecule has 2 rings (SSSR count). The zero-order valence-electron chi connectivity index (χ0n) is 12.9. The molecule has 0 aromatic heterocycles. The van der Waals surface area contributed by atoms with Gasteiger partial charge in [-0.15, -0.1) is 0 Å². The fraction of sp³-hybridized carbons (Fsp3) is 0.125. The van der Waals surface area contributed by atoms with Crippen LogP contribution in [0.15, 0.2) is 53.4 Å². The van der Waals surface area contributed by atoms with Crippen LogP contribution in [0.2, 0.25) is 0 Å². The van der Waals surface area contributed by atoms with Crippen LogP contribution in [0, 0.1) is 5.82 Å². The number of halogens is 1. The summed E-state index contributed by atoms with van der Waals surface area (Å²) >= 11 is 0. The Bertz CT molecular complexity index is 864. The van der Waals surface area contributed by atoms with Crippen LogP contribution < -0.4 is 15.1 Å². The van der Waals surface area contributed by atoms with Gasteiger partial charge in [-0.2, -0.15) is 0 Å². The SMILES string of the molecule is O=C([O-])CCC(=O)Nc1ccc(S(=O)(=O)Nc2ccc(F)cc2)cc1.